The zero-order chi connectivity index (χ0) is 23.1. The van der Waals surface area contributed by atoms with Gasteiger partial charge >= 0.3 is 0 Å². The number of hydrazine groups is 1. The van der Waals surface area contributed by atoms with Crippen LogP contribution in [0.2, 0.25) is 0 Å². The van der Waals surface area contributed by atoms with E-state index in [1.165, 1.54) is 19.1 Å². The van der Waals surface area contributed by atoms with Crippen LogP contribution in [0.15, 0.2) is 30.3 Å². The van der Waals surface area contributed by atoms with Gasteiger partial charge in [0.15, 0.2) is 6.10 Å². The first-order valence-corrected chi connectivity index (χ1v) is 9.31. The van der Waals surface area contributed by atoms with Gasteiger partial charge in [0.2, 0.25) is 0 Å². The Hall–Kier alpha value is -3.58. The second-order valence-electron chi connectivity index (χ2n) is 6.66. The molecule has 31 heavy (non-hydrogen) atoms. The van der Waals surface area contributed by atoms with Crippen LogP contribution in [0.4, 0.5) is 13.2 Å². The Balaban J connectivity index is 2.29. The number of halogens is 3. The highest BCUT2D eigenvalue weighted by Gasteiger charge is 2.26. The van der Waals surface area contributed by atoms with Gasteiger partial charge in [0, 0.05) is 29.8 Å². The van der Waals surface area contributed by atoms with Crippen LogP contribution in [0.25, 0.3) is 0 Å². The van der Waals surface area contributed by atoms with Gasteiger partial charge in [-0.3, -0.25) is 15.0 Å². The average molecular weight is 434 g/mol. The Morgan fingerprint density at radius 2 is 1.94 bits per heavy atom. The first-order valence-electron chi connectivity index (χ1n) is 9.31. The Bertz CT molecular complexity index is 1020. The molecule has 2 amide bonds. The molecule has 0 fully saturated rings. The van der Waals surface area contributed by atoms with Crippen molar-refractivity contribution in [3.05, 3.63) is 64.5 Å². The maximum absolute atomic E-state index is 14.3. The van der Waals surface area contributed by atoms with Gasteiger partial charge in [-0.05, 0) is 25.5 Å². The third kappa shape index (κ3) is 5.96. The number of nitriles is 1. The fourth-order valence-electron chi connectivity index (χ4n) is 2.91. The molecule has 7 nitrogen and oxygen atoms in total. The number of amides is 2. The highest BCUT2D eigenvalue weighted by molar-refractivity contribution is 5.86. The number of nitrogens with zero attached hydrogens (tertiary/aromatic N) is 2. The second-order valence-corrected chi connectivity index (χ2v) is 6.66. The fraction of sp³-hybridized carbons (Fsp3) is 0.286. The quantitative estimate of drug-likeness (QED) is 0.377. The lowest BCUT2D eigenvalue weighted by molar-refractivity contribution is -0.142. The van der Waals surface area contributed by atoms with Gasteiger partial charge < -0.3 is 9.64 Å². The molecule has 0 spiro atoms. The molecular weight excluding hydrogens is 413 g/mol. The van der Waals surface area contributed by atoms with E-state index in [1.54, 1.807) is 13.0 Å². The van der Waals surface area contributed by atoms with Crippen molar-refractivity contribution in [3.8, 4) is 11.8 Å². The molecule has 2 aromatic carbocycles. The molecular formula is C21H21F3N4O3. The molecule has 0 aliphatic heterocycles. The Labute approximate surface area is 177 Å². The monoisotopic (exact) mass is 434 g/mol. The molecule has 2 aromatic rings. The summed E-state index contributed by atoms with van der Waals surface area (Å²) in [4.78, 5) is 25.7. The summed E-state index contributed by atoms with van der Waals surface area (Å²) >= 11 is 0. The summed E-state index contributed by atoms with van der Waals surface area (Å²) in [6.45, 7) is 2.14. The molecule has 164 valence electrons. The van der Waals surface area contributed by atoms with Crippen LogP contribution in [-0.2, 0) is 22.6 Å². The Kier molecular flexibility index (Phi) is 7.99. The normalized spacial score (nSPS) is 11.4. The standard InChI is InChI=1S/C21H21F3N4O3/c1-3-16-18(24)7-15(22)8-19(16)31-12(2)21(30)28(11-20(29)27-26)10-14-5-4-13(9-25)6-17(14)23/h4-8,12H,3,10-11,26H2,1-2H3,(H,27,29). The zero-order valence-corrected chi connectivity index (χ0v) is 16.9. The van der Waals surface area contributed by atoms with Gasteiger partial charge in [0.1, 0.15) is 29.7 Å². The van der Waals surface area contributed by atoms with E-state index in [0.717, 1.165) is 17.0 Å². The number of rotatable bonds is 8. The number of nitrogens with one attached hydrogen (secondary N) is 1. The molecule has 0 aliphatic rings. The van der Waals surface area contributed by atoms with Crippen LogP contribution in [0, 0.1) is 28.8 Å². The van der Waals surface area contributed by atoms with Crippen LogP contribution >= 0.6 is 0 Å². The van der Waals surface area contributed by atoms with Crippen LogP contribution in [-0.4, -0.2) is 29.4 Å². The van der Waals surface area contributed by atoms with Gasteiger partial charge in [0.05, 0.1) is 11.6 Å². The van der Waals surface area contributed by atoms with Crippen molar-refractivity contribution in [2.75, 3.05) is 6.54 Å². The number of carbonyl (C=O) groups is 2. The Morgan fingerprint density at radius 3 is 2.52 bits per heavy atom. The van der Waals surface area contributed by atoms with E-state index >= 15 is 0 Å². The summed E-state index contributed by atoms with van der Waals surface area (Å²) in [5.41, 5.74) is 2.11. The van der Waals surface area contributed by atoms with E-state index in [0.29, 0.717) is 6.07 Å². The smallest absolute Gasteiger partial charge is 0.264 e. The van der Waals surface area contributed by atoms with E-state index < -0.39 is 41.9 Å². The second kappa shape index (κ2) is 10.4. The zero-order valence-electron chi connectivity index (χ0n) is 16.9. The lowest BCUT2D eigenvalue weighted by Gasteiger charge is -2.26. The molecule has 1 unspecified atom stereocenters. The molecule has 0 aromatic heterocycles. The van der Waals surface area contributed by atoms with Crippen molar-refractivity contribution in [1.29, 1.82) is 5.26 Å². The maximum Gasteiger partial charge on any atom is 0.264 e. The van der Waals surface area contributed by atoms with Crippen molar-refractivity contribution in [1.82, 2.24) is 10.3 Å². The lowest BCUT2D eigenvalue weighted by Crippen LogP contribution is -2.47. The number of nitrogens with two attached hydrogens (primary N) is 1. The van der Waals surface area contributed by atoms with E-state index in [2.05, 4.69) is 0 Å². The van der Waals surface area contributed by atoms with E-state index in [9.17, 15) is 22.8 Å². The number of ether oxygens (including phenoxy) is 1. The van der Waals surface area contributed by atoms with Crippen molar-refractivity contribution in [3.63, 3.8) is 0 Å². The summed E-state index contributed by atoms with van der Waals surface area (Å²) in [7, 11) is 0. The summed E-state index contributed by atoms with van der Waals surface area (Å²) in [6, 6.07) is 7.16. The number of hydrogen-bond donors (Lipinski definition) is 2. The third-order valence-electron chi connectivity index (χ3n) is 4.47. The summed E-state index contributed by atoms with van der Waals surface area (Å²) in [5.74, 6) is 1.07. The molecule has 0 aliphatic carbocycles. The minimum atomic E-state index is -1.25. The van der Waals surface area contributed by atoms with Crippen LogP contribution < -0.4 is 16.0 Å². The molecule has 2 rings (SSSR count). The molecule has 0 radical (unpaired) electrons. The molecule has 0 bridgehead atoms. The molecule has 0 saturated heterocycles. The molecule has 0 heterocycles. The first-order chi connectivity index (χ1) is 14.7. The van der Waals surface area contributed by atoms with Crippen molar-refractivity contribution in [2.45, 2.75) is 32.9 Å². The summed E-state index contributed by atoms with van der Waals surface area (Å²) < 4.78 is 47.4. The summed E-state index contributed by atoms with van der Waals surface area (Å²) in [6.07, 6.45) is -1.06. The maximum atomic E-state index is 14.3. The van der Waals surface area contributed by atoms with Crippen molar-refractivity contribution >= 4 is 11.8 Å². The van der Waals surface area contributed by atoms with E-state index in [-0.39, 0.29) is 35.4 Å². The topological polar surface area (TPSA) is 108 Å². The summed E-state index contributed by atoms with van der Waals surface area (Å²) in [5, 5.41) is 8.85. The largest absolute Gasteiger partial charge is 0.480 e. The third-order valence-corrected chi connectivity index (χ3v) is 4.47. The fourth-order valence-corrected chi connectivity index (χ4v) is 2.91. The van der Waals surface area contributed by atoms with Crippen LogP contribution in [0.1, 0.15) is 30.5 Å². The van der Waals surface area contributed by atoms with Crippen molar-refractivity contribution < 1.29 is 27.5 Å². The number of carbonyl (C=O) groups excluding carboxylic acids is 2. The lowest BCUT2D eigenvalue weighted by atomic mass is 10.1. The van der Waals surface area contributed by atoms with Gasteiger partial charge in [-0.2, -0.15) is 5.26 Å². The average Bonchev–Trinajstić information content (AvgIpc) is 2.73. The minimum Gasteiger partial charge on any atom is -0.480 e. The van der Waals surface area contributed by atoms with Gasteiger partial charge in [0.25, 0.3) is 11.8 Å². The highest BCUT2D eigenvalue weighted by Crippen LogP contribution is 2.25. The first kappa shape index (κ1) is 23.7. The molecule has 10 heteroatoms. The van der Waals surface area contributed by atoms with Crippen LogP contribution in [0.3, 0.4) is 0 Å². The Morgan fingerprint density at radius 1 is 1.23 bits per heavy atom. The van der Waals surface area contributed by atoms with Crippen molar-refractivity contribution in [2.24, 2.45) is 5.84 Å². The predicted molar refractivity (Wildman–Crippen MR) is 105 cm³/mol. The van der Waals surface area contributed by atoms with Crippen LogP contribution in [0.5, 0.6) is 5.75 Å². The molecule has 0 saturated carbocycles. The number of hydrogen-bond acceptors (Lipinski definition) is 5. The molecule has 1 atom stereocenters. The SMILES string of the molecule is CCc1c(F)cc(F)cc1OC(C)C(=O)N(CC(=O)NN)Cc1ccc(C#N)cc1F. The van der Waals surface area contributed by atoms with E-state index in [1.807, 2.05) is 5.43 Å². The van der Waals surface area contributed by atoms with Gasteiger partial charge in [-0.15, -0.1) is 0 Å². The van der Waals surface area contributed by atoms with Gasteiger partial charge in [-0.25, -0.2) is 19.0 Å². The number of benzene rings is 2. The highest BCUT2D eigenvalue weighted by atomic mass is 19.1. The predicted octanol–water partition coefficient (Wildman–Crippen LogP) is 2.32. The minimum absolute atomic E-state index is 0.0513. The molecule has 3 N–H and O–H groups in total. The van der Waals surface area contributed by atoms with Gasteiger partial charge in [-0.1, -0.05) is 13.0 Å². The van der Waals surface area contributed by atoms with E-state index in [4.69, 9.17) is 15.8 Å².